The highest BCUT2D eigenvalue weighted by Crippen LogP contribution is 2.55. The first-order chi connectivity index (χ1) is 18.9. The fourth-order valence-electron chi connectivity index (χ4n) is 6.71. The molecule has 0 radical (unpaired) electrons. The van der Waals surface area contributed by atoms with Gasteiger partial charge >= 0.3 is 5.97 Å². The van der Waals surface area contributed by atoms with E-state index in [1.807, 2.05) is 6.92 Å². The molecule has 0 aromatic heterocycles. The summed E-state index contributed by atoms with van der Waals surface area (Å²) in [5.74, 6) is 1.83. The van der Waals surface area contributed by atoms with E-state index in [1.54, 1.807) is 0 Å². The Balaban J connectivity index is 1.61. The van der Waals surface area contributed by atoms with Gasteiger partial charge in [-0.3, -0.25) is 4.79 Å². The van der Waals surface area contributed by atoms with Crippen LogP contribution < -0.4 is 9.47 Å². The van der Waals surface area contributed by atoms with Crippen LogP contribution in [0.5, 0.6) is 11.5 Å². The Bertz CT molecular complexity index is 1120. The summed E-state index contributed by atoms with van der Waals surface area (Å²) >= 11 is 0. The smallest absolute Gasteiger partial charge is 0.314 e. The third-order valence-corrected chi connectivity index (χ3v) is 9.70. The highest BCUT2D eigenvalue weighted by Gasteiger charge is 2.46. The van der Waals surface area contributed by atoms with Crippen LogP contribution in [-0.4, -0.2) is 61.1 Å². The zero-order chi connectivity index (χ0) is 29.1. The molecule has 3 atom stereocenters. The van der Waals surface area contributed by atoms with Crippen molar-refractivity contribution in [3.63, 3.8) is 0 Å². The molecule has 2 aliphatic heterocycles. The molecule has 1 aliphatic carbocycles. The molecule has 1 aromatic rings. The minimum Gasteiger partial charge on any atom is -0.487 e. The van der Waals surface area contributed by atoms with E-state index in [9.17, 15) is 4.79 Å². The van der Waals surface area contributed by atoms with Crippen LogP contribution in [0.2, 0.25) is 0 Å². The molecule has 0 saturated carbocycles. The van der Waals surface area contributed by atoms with Crippen molar-refractivity contribution in [3.8, 4) is 17.6 Å². The van der Waals surface area contributed by atoms with Crippen LogP contribution in [-0.2, 0) is 10.2 Å². The van der Waals surface area contributed by atoms with Gasteiger partial charge in [0.25, 0.3) is 0 Å². The molecule has 1 aromatic carbocycles. The summed E-state index contributed by atoms with van der Waals surface area (Å²) in [7, 11) is 2.17. The first-order valence-electron chi connectivity index (χ1n) is 15.4. The summed E-state index contributed by atoms with van der Waals surface area (Å²) in [6.07, 6.45) is 8.51. The van der Waals surface area contributed by atoms with E-state index in [2.05, 4.69) is 75.7 Å². The molecule has 0 N–H and O–H groups in total. The van der Waals surface area contributed by atoms with Crippen molar-refractivity contribution in [3.05, 3.63) is 34.9 Å². The van der Waals surface area contributed by atoms with Crippen LogP contribution in [0.15, 0.2) is 23.8 Å². The number of hydrogen-bond acceptors (Lipinski definition) is 6. The van der Waals surface area contributed by atoms with Crippen molar-refractivity contribution in [1.29, 1.82) is 5.26 Å². The number of nitrogens with zero attached hydrogens (tertiary/aromatic N) is 3. The van der Waals surface area contributed by atoms with E-state index in [4.69, 9.17) is 14.7 Å². The van der Waals surface area contributed by atoms with Crippen molar-refractivity contribution < 1.29 is 14.3 Å². The highest BCUT2D eigenvalue weighted by atomic mass is 16.5. The molecule has 1 saturated heterocycles. The van der Waals surface area contributed by atoms with Gasteiger partial charge in [-0.1, -0.05) is 38.8 Å². The number of ether oxygens (including phenoxy) is 2. The lowest BCUT2D eigenvalue weighted by atomic mass is 9.66. The molecule has 0 bridgehead atoms. The number of piperazine rings is 1. The molecule has 4 rings (SSSR count). The zero-order valence-corrected chi connectivity index (χ0v) is 26.0. The van der Waals surface area contributed by atoms with Crippen molar-refractivity contribution in [2.24, 2.45) is 11.8 Å². The van der Waals surface area contributed by atoms with Gasteiger partial charge in [-0.05, 0) is 89.6 Å². The molecule has 2 heterocycles. The van der Waals surface area contributed by atoms with E-state index in [0.717, 1.165) is 88.1 Å². The number of allylic oxidation sites excluding steroid dienone is 2. The molecule has 220 valence electrons. The van der Waals surface area contributed by atoms with Crippen LogP contribution >= 0.6 is 0 Å². The van der Waals surface area contributed by atoms with E-state index >= 15 is 0 Å². The van der Waals surface area contributed by atoms with E-state index in [1.165, 1.54) is 5.57 Å². The van der Waals surface area contributed by atoms with Crippen LogP contribution in [0.1, 0.15) is 104 Å². The quantitative estimate of drug-likeness (QED) is 0.138. The summed E-state index contributed by atoms with van der Waals surface area (Å²) in [5.41, 5.74) is 3.16. The number of carbonyl (C=O) groups is 1. The standard InChI is InChI=1S/C34H51N3O3/c1-24-11-12-28-27(21-24)31-29(39-32(38)25(2)13-16-37-19-17-36(7)18-20-37)22-26(23-30(31)40-34(28,5)6)33(3,4)14-9-8-10-15-35/h11,22-23,25,27-28H,8-10,12-14,16-21H2,1-7H3/t25?,27-,28-/m1/s1. The SMILES string of the molecule is CC1=CC[C@@H]2[C@@H](C1)c1c(OC(=O)C(C)CCN3CCN(C)CC3)cc(C(C)(C)CCCCC#N)cc1OC2(C)C. The first kappa shape index (κ1) is 30.6. The Morgan fingerprint density at radius 1 is 1.23 bits per heavy atom. The topological polar surface area (TPSA) is 65.8 Å². The summed E-state index contributed by atoms with van der Waals surface area (Å²) in [6.45, 7) is 18.3. The predicted octanol–water partition coefficient (Wildman–Crippen LogP) is 6.84. The largest absolute Gasteiger partial charge is 0.487 e. The van der Waals surface area contributed by atoms with E-state index in [-0.39, 0.29) is 28.8 Å². The number of nitriles is 1. The summed E-state index contributed by atoms with van der Waals surface area (Å²) in [5, 5.41) is 8.97. The van der Waals surface area contributed by atoms with Gasteiger partial charge in [-0.15, -0.1) is 0 Å². The van der Waals surface area contributed by atoms with Crippen LogP contribution in [0.25, 0.3) is 0 Å². The molecule has 1 fully saturated rings. The summed E-state index contributed by atoms with van der Waals surface area (Å²) in [4.78, 5) is 18.4. The zero-order valence-electron chi connectivity index (χ0n) is 26.0. The molecule has 0 amide bonds. The Morgan fingerprint density at radius 2 is 1.95 bits per heavy atom. The van der Waals surface area contributed by atoms with Gasteiger partial charge in [-0.2, -0.15) is 5.26 Å². The third-order valence-electron chi connectivity index (χ3n) is 9.70. The number of fused-ring (bicyclic) bond motifs is 3. The molecular formula is C34H51N3O3. The number of rotatable bonds is 10. The minimum atomic E-state index is -0.304. The predicted molar refractivity (Wildman–Crippen MR) is 161 cm³/mol. The van der Waals surface area contributed by atoms with Crippen molar-refractivity contribution in [2.45, 2.75) is 103 Å². The number of esters is 1. The fraction of sp³-hybridized carbons (Fsp3) is 0.706. The van der Waals surface area contributed by atoms with Gasteiger partial charge < -0.3 is 19.3 Å². The average molecular weight is 550 g/mol. The van der Waals surface area contributed by atoms with Gasteiger partial charge in [0.1, 0.15) is 17.1 Å². The first-order valence-corrected chi connectivity index (χ1v) is 15.4. The van der Waals surface area contributed by atoms with Gasteiger partial charge in [0.2, 0.25) is 0 Å². The molecule has 6 nitrogen and oxygen atoms in total. The molecular weight excluding hydrogens is 498 g/mol. The average Bonchev–Trinajstić information content (AvgIpc) is 2.89. The number of benzene rings is 1. The molecule has 40 heavy (non-hydrogen) atoms. The number of hydrogen-bond donors (Lipinski definition) is 0. The van der Waals surface area contributed by atoms with Crippen molar-refractivity contribution in [2.75, 3.05) is 39.8 Å². The van der Waals surface area contributed by atoms with Gasteiger partial charge in [0.15, 0.2) is 0 Å². The fourth-order valence-corrected chi connectivity index (χ4v) is 6.71. The molecule has 3 aliphatic rings. The maximum atomic E-state index is 13.5. The minimum absolute atomic E-state index is 0.134. The molecule has 6 heteroatoms. The second kappa shape index (κ2) is 12.7. The molecule has 1 unspecified atom stereocenters. The maximum Gasteiger partial charge on any atom is 0.314 e. The van der Waals surface area contributed by atoms with Crippen LogP contribution in [0.4, 0.5) is 0 Å². The van der Waals surface area contributed by atoms with Crippen LogP contribution in [0, 0.1) is 23.2 Å². The van der Waals surface area contributed by atoms with E-state index in [0.29, 0.717) is 18.1 Å². The number of likely N-dealkylation sites (N-methyl/N-ethyl adjacent to an activating group) is 1. The summed E-state index contributed by atoms with van der Waals surface area (Å²) < 4.78 is 13.1. The normalized spacial score (nSPS) is 23.7. The Labute approximate surface area is 242 Å². The van der Waals surface area contributed by atoms with E-state index < -0.39 is 0 Å². The van der Waals surface area contributed by atoms with Crippen LogP contribution in [0.3, 0.4) is 0 Å². The molecule has 0 spiro atoms. The summed E-state index contributed by atoms with van der Waals surface area (Å²) in [6, 6.07) is 6.59. The number of carbonyl (C=O) groups excluding carboxylic acids is 1. The Kier molecular flexibility index (Phi) is 9.68. The van der Waals surface area contributed by atoms with Crippen molar-refractivity contribution in [1.82, 2.24) is 9.80 Å². The van der Waals surface area contributed by atoms with Gasteiger partial charge in [-0.25, -0.2) is 0 Å². The lowest BCUT2D eigenvalue weighted by molar-refractivity contribution is -0.138. The van der Waals surface area contributed by atoms with Gasteiger partial charge in [0.05, 0.1) is 12.0 Å². The lowest BCUT2D eigenvalue weighted by Gasteiger charge is -2.47. The lowest BCUT2D eigenvalue weighted by Crippen LogP contribution is -2.45. The monoisotopic (exact) mass is 549 g/mol. The Morgan fingerprint density at radius 3 is 2.65 bits per heavy atom. The second-order valence-corrected chi connectivity index (χ2v) is 13.8. The highest BCUT2D eigenvalue weighted by molar-refractivity contribution is 5.76. The maximum absolute atomic E-state index is 13.5. The van der Waals surface area contributed by atoms with Gasteiger partial charge in [0, 0.05) is 50.0 Å². The number of unbranched alkanes of at least 4 members (excludes halogenated alkanes) is 2. The second-order valence-electron chi connectivity index (χ2n) is 13.8. The third kappa shape index (κ3) is 7.09. The van der Waals surface area contributed by atoms with Crippen molar-refractivity contribution >= 4 is 5.97 Å². The Hall–Kier alpha value is -2.36.